The Morgan fingerprint density at radius 1 is 1.14 bits per heavy atom. The van der Waals surface area contributed by atoms with Crippen LogP contribution in [0, 0.1) is 40.9 Å². The lowest BCUT2D eigenvalue weighted by molar-refractivity contribution is -0.129. The summed E-state index contributed by atoms with van der Waals surface area (Å²) in [6, 6.07) is 0.294. The Morgan fingerprint density at radius 3 is 2.23 bits per heavy atom. The summed E-state index contributed by atoms with van der Waals surface area (Å²) in [5, 5.41) is 3.18. The Labute approximate surface area is 133 Å². The molecule has 3 atom stereocenters. The predicted molar refractivity (Wildman–Crippen MR) is 84.6 cm³/mol. The van der Waals surface area contributed by atoms with E-state index in [2.05, 4.69) is 24.1 Å². The predicted octanol–water partition coefficient (Wildman–Crippen LogP) is 1.65. The average Bonchev–Trinajstić information content (AvgIpc) is 2.84. The third-order valence-corrected chi connectivity index (χ3v) is 5.08. The second-order valence-electron chi connectivity index (χ2n) is 8.35. The molecule has 1 heterocycles. The molecule has 3 rings (SSSR count). The monoisotopic (exact) mass is 302 g/mol. The van der Waals surface area contributed by atoms with Gasteiger partial charge in [0.05, 0.1) is 0 Å². The van der Waals surface area contributed by atoms with E-state index in [1.807, 2.05) is 25.7 Å². The number of piperidine rings is 1. The minimum absolute atomic E-state index is 0.0694. The molecule has 3 fully saturated rings. The number of nitrogens with one attached hydrogen (secondary N) is 1. The highest BCUT2D eigenvalue weighted by Crippen LogP contribution is 2.46. The zero-order chi connectivity index (χ0) is 16.1. The van der Waals surface area contributed by atoms with E-state index in [9.17, 15) is 9.59 Å². The second kappa shape index (κ2) is 5.30. The number of amides is 2. The molecule has 4 heteroatoms. The fourth-order valence-electron chi connectivity index (χ4n) is 3.62. The van der Waals surface area contributed by atoms with Crippen LogP contribution < -0.4 is 5.32 Å². The molecule has 0 bridgehead atoms. The Bertz CT molecular complexity index is 534. The van der Waals surface area contributed by atoms with Crippen LogP contribution in [0.2, 0.25) is 0 Å². The average molecular weight is 302 g/mol. The number of carbonyl (C=O) groups excluding carboxylic acids is 2. The second-order valence-corrected chi connectivity index (χ2v) is 8.35. The summed E-state index contributed by atoms with van der Waals surface area (Å²) in [7, 11) is 0. The SMILES string of the molecule is CC1CC(C(=O)NC2[C@H]3CN(C(=O)C#CC(C)(C)C)C[C@@H]23)C1. The van der Waals surface area contributed by atoms with Crippen molar-refractivity contribution >= 4 is 11.8 Å². The summed E-state index contributed by atoms with van der Waals surface area (Å²) in [6.45, 7) is 9.69. The summed E-state index contributed by atoms with van der Waals surface area (Å²) < 4.78 is 0. The fourth-order valence-corrected chi connectivity index (χ4v) is 3.62. The highest BCUT2D eigenvalue weighted by atomic mass is 16.2. The van der Waals surface area contributed by atoms with Crippen molar-refractivity contribution in [2.24, 2.45) is 29.1 Å². The van der Waals surface area contributed by atoms with Crippen molar-refractivity contribution in [1.82, 2.24) is 10.2 Å². The summed E-state index contributed by atoms with van der Waals surface area (Å²) in [6.07, 6.45) is 2.06. The lowest BCUT2D eigenvalue weighted by Crippen LogP contribution is -2.42. The summed E-state index contributed by atoms with van der Waals surface area (Å²) in [5.41, 5.74) is -0.144. The molecule has 0 aromatic carbocycles. The molecule has 2 saturated carbocycles. The van der Waals surface area contributed by atoms with Crippen LogP contribution in [0.15, 0.2) is 0 Å². The summed E-state index contributed by atoms with van der Waals surface area (Å²) in [4.78, 5) is 26.0. The van der Waals surface area contributed by atoms with E-state index >= 15 is 0 Å². The summed E-state index contributed by atoms with van der Waals surface area (Å²) >= 11 is 0. The minimum Gasteiger partial charge on any atom is -0.352 e. The van der Waals surface area contributed by atoms with Crippen LogP contribution in [-0.4, -0.2) is 35.8 Å². The van der Waals surface area contributed by atoms with Crippen molar-refractivity contribution in [3.05, 3.63) is 0 Å². The normalized spacial score (nSPS) is 35.8. The maximum absolute atomic E-state index is 12.1. The first kappa shape index (κ1) is 15.4. The highest BCUT2D eigenvalue weighted by Gasteiger charge is 2.57. The van der Waals surface area contributed by atoms with E-state index in [1.54, 1.807) is 0 Å². The Hall–Kier alpha value is -1.50. The van der Waals surface area contributed by atoms with Crippen molar-refractivity contribution in [1.29, 1.82) is 0 Å². The van der Waals surface area contributed by atoms with Crippen molar-refractivity contribution in [2.75, 3.05) is 13.1 Å². The van der Waals surface area contributed by atoms with E-state index < -0.39 is 0 Å². The van der Waals surface area contributed by atoms with Gasteiger partial charge in [-0.25, -0.2) is 0 Å². The molecule has 2 aliphatic carbocycles. The maximum atomic E-state index is 12.1. The molecule has 1 aliphatic heterocycles. The number of hydrogen-bond acceptors (Lipinski definition) is 2. The third-order valence-electron chi connectivity index (χ3n) is 5.08. The van der Waals surface area contributed by atoms with E-state index in [0.717, 1.165) is 25.9 Å². The standard InChI is InChI=1S/C18H26N2O2/c1-11-7-12(8-11)17(22)19-16-13-9-20(10-14(13)16)15(21)5-6-18(2,3)4/h11-14,16H,7-10H2,1-4H3,(H,19,22)/t11?,12?,13-,14+,16?. The van der Waals surface area contributed by atoms with Gasteiger partial charge in [0.15, 0.2) is 0 Å². The van der Waals surface area contributed by atoms with Crippen LogP contribution in [0.25, 0.3) is 0 Å². The molecule has 4 nitrogen and oxygen atoms in total. The number of hydrogen-bond donors (Lipinski definition) is 1. The first-order valence-electron chi connectivity index (χ1n) is 8.37. The smallest absolute Gasteiger partial charge is 0.298 e. The number of fused-ring (bicyclic) bond motifs is 1. The van der Waals surface area contributed by atoms with E-state index in [1.165, 1.54) is 0 Å². The van der Waals surface area contributed by atoms with Crippen LogP contribution in [0.4, 0.5) is 0 Å². The van der Waals surface area contributed by atoms with Gasteiger partial charge in [0, 0.05) is 42.3 Å². The fraction of sp³-hybridized carbons (Fsp3) is 0.778. The number of likely N-dealkylation sites (tertiary alicyclic amines) is 1. The molecule has 1 saturated heterocycles. The Balaban J connectivity index is 1.44. The first-order valence-corrected chi connectivity index (χ1v) is 8.37. The van der Waals surface area contributed by atoms with Gasteiger partial charge < -0.3 is 10.2 Å². The number of carbonyl (C=O) groups is 2. The van der Waals surface area contributed by atoms with Crippen LogP contribution in [-0.2, 0) is 9.59 Å². The van der Waals surface area contributed by atoms with Crippen LogP contribution in [0.3, 0.4) is 0 Å². The van der Waals surface area contributed by atoms with Gasteiger partial charge >= 0.3 is 0 Å². The van der Waals surface area contributed by atoms with Gasteiger partial charge in [0.25, 0.3) is 5.91 Å². The maximum Gasteiger partial charge on any atom is 0.298 e. The molecule has 0 spiro atoms. The molecule has 22 heavy (non-hydrogen) atoms. The molecular formula is C18H26N2O2. The minimum atomic E-state index is -0.144. The zero-order valence-corrected chi connectivity index (χ0v) is 14.0. The quantitative estimate of drug-likeness (QED) is 0.789. The third kappa shape index (κ3) is 3.14. The van der Waals surface area contributed by atoms with Crippen LogP contribution in [0.5, 0.6) is 0 Å². The number of rotatable bonds is 2. The lowest BCUT2D eigenvalue weighted by Gasteiger charge is -2.31. The van der Waals surface area contributed by atoms with Gasteiger partial charge in [0.2, 0.25) is 5.91 Å². The van der Waals surface area contributed by atoms with Crippen molar-refractivity contribution < 1.29 is 9.59 Å². The molecule has 0 aromatic rings. The summed E-state index contributed by atoms with van der Waals surface area (Å²) in [5.74, 6) is 7.72. The van der Waals surface area contributed by atoms with Gasteiger partial charge in [-0.3, -0.25) is 9.59 Å². The molecular weight excluding hydrogens is 276 g/mol. The van der Waals surface area contributed by atoms with Gasteiger partial charge in [0.1, 0.15) is 0 Å². The molecule has 1 unspecified atom stereocenters. The van der Waals surface area contributed by atoms with E-state index in [0.29, 0.717) is 23.8 Å². The largest absolute Gasteiger partial charge is 0.352 e. The topological polar surface area (TPSA) is 49.4 Å². The van der Waals surface area contributed by atoms with Crippen molar-refractivity contribution in [3.8, 4) is 11.8 Å². The molecule has 1 N–H and O–H groups in total. The molecule has 0 radical (unpaired) electrons. The van der Waals surface area contributed by atoms with E-state index in [-0.39, 0.29) is 23.1 Å². The van der Waals surface area contributed by atoms with Crippen LogP contribution in [0.1, 0.15) is 40.5 Å². The van der Waals surface area contributed by atoms with Crippen LogP contribution >= 0.6 is 0 Å². The van der Waals surface area contributed by atoms with Gasteiger partial charge in [-0.2, -0.15) is 0 Å². The van der Waals surface area contributed by atoms with Crippen molar-refractivity contribution in [2.45, 2.75) is 46.6 Å². The number of nitrogens with zero attached hydrogens (tertiary/aromatic N) is 1. The van der Waals surface area contributed by atoms with Crippen molar-refractivity contribution in [3.63, 3.8) is 0 Å². The lowest BCUT2D eigenvalue weighted by atomic mass is 9.75. The van der Waals surface area contributed by atoms with Gasteiger partial charge in [-0.05, 0) is 45.5 Å². The van der Waals surface area contributed by atoms with Gasteiger partial charge in [-0.15, -0.1) is 0 Å². The molecule has 2 amide bonds. The first-order chi connectivity index (χ1) is 10.2. The van der Waals surface area contributed by atoms with E-state index in [4.69, 9.17) is 0 Å². The van der Waals surface area contributed by atoms with Gasteiger partial charge in [-0.1, -0.05) is 12.8 Å². The Kier molecular flexibility index (Phi) is 3.71. The molecule has 3 aliphatic rings. The highest BCUT2D eigenvalue weighted by molar-refractivity contribution is 5.94. The Morgan fingerprint density at radius 2 is 1.73 bits per heavy atom. The zero-order valence-electron chi connectivity index (χ0n) is 14.0. The molecule has 120 valence electrons. The molecule has 0 aromatic heterocycles.